The lowest BCUT2D eigenvalue weighted by Crippen LogP contribution is -2.40. The van der Waals surface area contributed by atoms with E-state index < -0.39 is 0 Å². The monoisotopic (exact) mass is 380 g/mol. The quantitative estimate of drug-likeness (QED) is 0.657. The van der Waals surface area contributed by atoms with E-state index >= 15 is 0 Å². The molecule has 1 aliphatic heterocycles. The van der Waals surface area contributed by atoms with Crippen LogP contribution in [-0.4, -0.2) is 45.5 Å². The number of piperidine rings is 1. The minimum Gasteiger partial charge on any atom is -0.497 e. The number of hydrogen-bond acceptors (Lipinski definition) is 5. The average Bonchev–Trinajstić information content (AvgIpc) is 3.41. The zero-order valence-electron chi connectivity index (χ0n) is 16.0. The SMILES string of the molecule is COc1ccc(Cc2cnc(C3CCCN(C(=O)Cn4ccnc4)C3)o2)cc1. The van der Waals surface area contributed by atoms with Gasteiger partial charge < -0.3 is 18.6 Å². The summed E-state index contributed by atoms with van der Waals surface area (Å²) < 4.78 is 13.0. The molecule has 1 atom stereocenters. The second-order valence-corrected chi connectivity index (χ2v) is 7.10. The molecule has 7 heteroatoms. The number of benzene rings is 1. The minimum atomic E-state index is 0.104. The van der Waals surface area contributed by atoms with Gasteiger partial charge in [-0.1, -0.05) is 12.1 Å². The average molecular weight is 380 g/mol. The highest BCUT2D eigenvalue weighted by molar-refractivity contribution is 5.76. The number of ether oxygens (including phenoxy) is 1. The molecule has 3 aromatic rings. The van der Waals surface area contributed by atoms with Gasteiger partial charge in [0.25, 0.3) is 0 Å². The Morgan fingerprint density at radius 1 is 1.32 bits per heavy atom. The van der Waals surface area contributed by atoms with Gasteiger partial charge >= 0.3 is 0 Å². The van der Waals surface area contributed by atoms with Crippen molar-refractivity contribution in [3.05, 3.63) is 66.4 Å². The number of rotatable bonds is 6. The van der Waals surface area contributed by atoms with E-state index in [9.17, 15) is 4.79 Å². The molecule has 0 aliphatic carbocycles. The Hall–Kier alpha value is -3.09. The van der Waals surface area contributed by atoms with Crippen molar-refractivity contribution in [2.45, 2.75) is 31.7 Å². The molecule has 1 amide bonds. The smallest absolute Gasteiger partial charge is 0.242 e. The van der Waals surface area contributed by atoms with E-state index in [2.05, 4.69) is 9.97 Å². The van der Waals surface area contributed by atoms with Gasteiger partial charge in [-0.2, -0.15) is 0 Å². The fraction of sp³-hybridized carbons (Fsp3) is 0.381. The lowest BCUT2D eigenvalue weighted by molar-refractivity contribution is -0.133. The second kappa shape index (κ2) is 8.29. The number of methoxy groups -OCH3 is 1. The third kappa shape index (κ3) is 4.24. The third-order valence-corrected chi connectivity index (χ3v) is 5.11. The predicted molar refractivity (Wildman–Crippen MR) is 103 cm³/mol. The molecule has 1 aromatic carbocycles. The van der Waals surface area contributed by atoms with Crippen molar-refractivity contribution in [2.24, 2.45) is 0 Å². The maximum absolute atomic E-state index is 12.6. The zero-order valence-corrected chi connectivity index (χ0v) is 16.0. The van der Waals surface area contributed by atoms with Crippen LogP contribution in [0.25, 0.3) is 0 Å². The van der Waals surface area contributed by atoms with Crippen LogP contribution in [0.1, 0.15) is 36.0 Å². The van der Waals surface area contributed by atoms with Crippen LogP contribution in [0.4, 0.5) is 0 Å². The lowest BCUT2D eigenvalue weighted by atomic mass is 9.98. The minimum absolute atomic E-state index is 0.104. The van der Waals surface area contributed by atoms with Crippen molar-refractivity contribution in [3.63, 3.8) is 0 Å². The first kappa shape index (κ1) is 18.3. The Labute approximate surface area is 164 Å². The van der Waals surface area contributed by atoms with E-state index in [4.69, 9.17) is 9.15 Å². The van der Waals surface area contributed by atoms with E-state index in [1.54, 1.807) is 36.6 Å². The number of aromatic nitrogens is 3. The van der Waals surface area contributed by atoms with Gasteiger partial charge in [0.2, 0.25) is 5.91 Å². The summed E-state index contributed by atoms with van der Waals surface area (Å²) in [6.45, 7) is 1.75. The summed E-state index contributed by atoms with van der Waals surface area (Å²) >= 11 is 0. The van der Waals surface area contributed by atoms with Crippen LogP contribution >= 0.6 is 0 Å². The highest BCUT2D eigenvalue weighted by Crippen LogP contribution is 2.27. The van der Waals surface area contributed by atoms with Gasteiger partial charge in [0.1, 0.15) is 18.1 Å². The van der Waals surface area contributed by atoms with Crippen LogP contribution in [0.3, 0.4) is 0 Å². The zero-order chi connectivity index (χ0) is 19.3. The summed E-state index contributed by atoms with van der Waals surface area (Å²) in [5.41, 5.74) is 1.14. The van der Waals surface area contributed by atoms with E-state index in [0.717, 1.165) is 42.4 Å². The van der Waals surface area contributed by atoms with E-state index in [1.807, 2.05) is 29.2 Å². The van der Waals surface area contributed by atoms with E-state index in [1.165, 1.54) is 0 Å². The first-order chi connectivity index (χ1) is 13.7. The summed E-state index contributed by atoms with van der Waals surface area (Å²) in [5, 5.41) is 0. The summed E-state index contributed by atoms with van der Waals surface area (Å²) in [6, 6.07) is 7.94. The molecule has 1 unspecified atom stereocenters. The van der Waals surface area contributed by atoms with Crippen molar-refractivity contribution in [2.75, 3.05) is 20.2 Å². The number of carbonyl (C=O) groups is 1. The Kier molecular flexibility index (Phi) is 5.41. The second-order valence-electron chi connectivity index (χ2n) is 7.10. The number of amides is 1. The molecule has 146 valence electrons. The lowest BCUT2D eigenvalue weighted by Gasteiger charge is -2.31. The van der Waals surface area contributed by atoms with Gasteiger partial charge in [-0.25, -0.2) is 9.97 Å². The van der Waals surface area contributed by atoms with Crippen molar-refractivity contribution < 1.29 is 13.9 Å². The molecule has 4 rings (SSSR count). The first-order valence-corrected chi connectivity index (χ1v) is 9.52. The normalized spacial score (nSPS) is 16.9. The number of hydrogen-bond donors (Lipinski definition) is 0. The van der Waals surface area contributed by atoms with Gasteiger partial charge in [0.05, 0.1) is 25.6 Å². The summed E-state index contributed by atoms with van der Waals surface area (Å²) in [7, 11) is 1.66. The number of nitrogens with zero attached hydrogens (tertiary/aromatic N) is 4. The number of imidazole rings is 1. The van der Waals surface area contributed by atoms with Gasteiger partial charge in [-0.15, -0.1) is 0 Å². The molecule has 3 heterocycles. The van der Waals surface area contributed by atoms with Crippen LogP contribution in [-0.2, 0) is 17.8 Å². The topological polar surface area (TPSA) is 73.4 Å². The molecule has 0 saturated carbocycles. The fourth-order valence-corrected chi connectivity index (χ4v) is 3.58. The van der Waals surface area contributed by atoms with Crippen LogP contribution in [0.2, 0.25) is 0 Å². The largest absolute Gasteiger partial charge is 0.497 e. The molecule has 0 N–H and O–H groups in total. The Morgan fingerprint density at radius 3 is 2.93 bits per heavy atom. The fourth-order valence-electron chi connectivity index (χ4n) is 3.58. The van der Waals surface area contributed by atoms with Gasteiger partial charge in [0, 0.05) is 31.9 Å². The molecule has 1 fully saturated rings. The Morgan fingerprint density at radius 2 is 2.18 bits per heavy atom. The highest BCUT2D eigenvalue weighted by Gasteiger charge is 2.27. The van der Waals surface area contributed by atoms with E-state index in [-0.39, 0.29) is 11.8 Å². The molecular formula is C21H24N4O3. The van der Waals surface area contributed by atoms with Crippen LogP contribution in [0, 0.1) is 0 Å². The Balaban J connectivity index is 1.37. The maximum Gasteiger partial charge on any atom is 0.242 e. The predicted octanol–water partition coefficient (Wildman–Crippen LogP) is 2.88. The van der Waals surface area contributed by atoms with Gasteiger partial charge in [0.15, 0.2) is 5.89 Å². The van der Waals surface area contributed by atoms with Gasteiger partial charge in [-0.05, 0) is 30.5 Å². The standard InChI is InChI=1S/C21H24N4O3/c1-27-18-6-4-16(5-7-18)11-19-12-23-21(28-19)17-3-2-9-25(13-17)20(26)14-24-10-8-22-15-24/h4-8,10,12,15,17H,2-3,9,11,13-14H2,1H3. The molecule has 0 spiro atoms. The van der Waals surface area contributed by atoms with Crippen molar-refractivity contribution >= 4 is 5.91 Å². The number of carbonyl (C=O) groups excluding carboxylic acids is 1. The molecule has 0 bridgehead atoms. The summed E-state index contributed by atoms with van der Waals surface area (Å²) in [4.78, 5) is 22.9. The Bertz CT molecular complexity index is 902. The summed E-state index contributed by atoms with van der Waals surface area (Å²) in [6.07, 6.45) is 9.58. The number of likely N-dealkylation sites (tertiary alicyclic amines) is 1. The van der Waals surface area contributed by atoms with Crippen LogP contribution in [0.5, 0.6) is 5.75 Å². The van der Waals surface area contributed by atoms with Crippen LogP contribution in [0.15, 0.2) is 53.6 Å². The van der Waals surface area contributed by atoms with Crippen molar-refractivity contribution in [3.8, 4) is 5.75 Å². The summed E-state index contributed by atoms with van der Waals surface area (Å²) in [5.74, 6) is 2.65. The van der Waals surface area contributed by atoms with Crippen LogP contribution < -0.4 is 4.74 Å². The highest BCUT2D eigenvalue weighted by atomic mass is 16.5. The molecule has 1 aliphatic rings. The molecule has 28 heavy (non-hydrogen) atoms. The molecule has 7 nitrogen and oxygen atoms in total. The molecular weight excluding hydrogens is 356 g/mol. The van der Waals surface area contributed by atoms with Crippen molar-refractivity contribution in [1.29, 1.82) is 0 Å². The number of oxazole rings is 1. The van der Waals surface area contributed by atoms with Crippen molar-refractivity contribution in [1.82, 2.24) is 19.4 Å². The molecule has 2 aromatic heterocycles. The third-order valence-electron chi connectivity index (χ3n) is 5.11. The van der Waals surface area contributed by atoms with Gasteiger partial charge in [-0.3, -0.25) is 4.79 Å². The maximum atomic E-state index is 12.6. The van der Waals surface area contributed by atoms with E-state index in [0.29, 0.717) is 19.5 Å². The first-order valence-electron chi connectivity index (χ1n) is 9.52. The molecule has 1 saturated heterocycles. The molecule has 0 radical (unpaired) electrons.